The van der Waals surface area contributed by atoms with Crippen molar-refractivity contribution >= 4 is 16.0 Å². The second-order valence-corrected chi connectivity index (χ2v) is 9.68. The molecule has 0 spiro atoms. The number of likely N-dealkylation sites (tertiary alicyclic amines) is 1. The largest absolute Gasteiger partial charge is 0.357 e. The molecule has 0 bridgehead atoms. The van der Waals surface area contributed by atoms with Crippen molar-refractivity contribution in [2.45, 2.75) is 58.7 Å². The van der Waals surface area contributed by atoms with Gasteiger partial charge in [0.05, 0.1) is 5.75 Å². The van der Waals surface area contributed by atoms with Crippen LogP contribution in [-0.2, 0) is 16.6 Å². The molecule has 8 heteroatoms. The Morgan fingerprint density at radius 2 is 2.00 bits per heavy atom. The first-order chi connectivity index (χ1) is 13.9. The van der Waals surface area contributed by atoms with E-state index in [1.807, 2.05) is 0 Å². The van der Waals surface area contributed by atoms with Crippen molar-refractivity contribution in [2.24, 2.45) is 4.99 Å². The first-order valence-corrected chi connectivity index (χ1v) is 12.4. The van der Waals surface area contributed by atoms with Gasteiger partial charge >= 0.3 is 0 Å². The number of benzene rings is 1. The molecule has 7 nitrogen and oxygen atoms in total. The second kappa shape index (κ2) is 12.1. The Bertz CT molecular complexity index is 724. The summed E-state index contributed by atoms with van der Waals surface area (Å²) >= 11 is 0. The van der Waals surface area contributed by atoms with Gasteiger partial charge in [-0.15, -0.1) is 0 Å². The van der Waals surface area contributed by atoms with Crippen LogP contribution in [0.2, 0.25) is 0 Å². The van der Waals surface area contributed by atoms with E-state index in [0.717, 1.165) is 38.4 Å². The highest BCUT2D eigenvalue weighted by Gasteiger charge is 2.25. The van der Waals surface area contributed by atoms with Crippen molar-refractivity contribution in [1.29, 1.82) is 0 Å². The predicted molar refractivity (Wildman–Crippen MR) is 121 cm³/mol. The molecule has 3 N–H and O–H groups in total. The number of rotatable bonds is 10. The number of hydrogen-bond donors (Lipinski definition) is 3. The molecular formula is C21H37N5O2S. The summed E-state index contributed by atoms with van der Waals surface area (Å²) in [5.41, 5.74) is 1.36. The Morgan fingerprint density at radius 3 is 2.66 bits per heavy atom. The molecule has 1 aromatic carbocycles. The Hall–Kier alpha value is -1.64. The third-order valence-corrected chi connectivity index (χ3v) is 6.64. The van der Waals surface area contributed by atoms with E-state index in [2.05, 4.69) is 69.4 Å². The summed E-state index contributed by atoms with van der Waals surface area (Å²) < 4.78 is 25.5. The highest BCUT2D eigenvalue weighted by molar-refractivity contribution is 7.89. The van der Waals surface area contributed by atoms with Crippen molar-refractivity contribution in [3.05, 3.63) is 35.9 Å². The van der Waals surface area contributed by atoms with Crippen LogP contribution in [0.3, 0.4) is 0 Å². The summed E-state index contributed by atoms with van der Waals surface area (Å²) in [5.74, 6) is 0.932. The third kappa shape index (κ3) is 8.72. The highest BCUT2D eigenvalue weighted by atomic mass is 32.2. The first kappa shape index (κ1) is 23.6. The van der Waals surface area contributed by atoms with Gasteiger partial charge in [0.25, 0.3) is 0 Å². The molecule has 1 heterocycles. The molecule has 0 aromatic heterocycles. The van der Waals surface area contributed by atoms with E-state index < -0.39 is 10.0 Å². The summed E-state index contributed by atoms with van der Waals surface area (Å²) in [6.45, 7) is 9.86. The van der Waals surface area contributed by atoms with E-state index in [9.17, 15) is 8.42 Å². The molecule has 2 rings (SSSR count). The summed E-state index contributed by atoms with van der Waals surface area (Å²) in [6.07, 6.45) is 2.84. The zero-order valence-corrected chi connectivity index (χ0v) is 18.8. The molecule has 1 aromatic rings. The van der Waals surface area contributed by atoms with Gasteiger partial charge in [0.15, 0.2) is 5.96 Å². The molecule has 0 aliphatic carbocycles. The second-order valence-electron chi connectivity index (χ2n) is 7.58. The van der Waals surface area contributed by atoms with Crippen molar-refractivity contribution < 1.29 is 8.42 Å². The van der Waals surface area contributed by atoms with Crippen LogP contribution in [0, 0.1) is 0 Å². The minimum Gasteiger partial charge on any atom is -0.357 e. The van der Waals surface area contributed by atoms with Crippen molar-refractivity contribution in [3.8, 4) is 0 Å². The Morgan fingerprint density at radius 1 is 1.24 bits per heavy atom. The molecule has 164 valence electrons. The van der Waals surface area contributed by atoms with Crippen molar-refractivity contribution in [2.75, 3.05) is 31.9 Å². The number of piperidine rings is 1. The minimum atomic E-state index is -3.12. The summed E-state index contributed by atoms with van der Waals surface area (Å²) in [7, 11) is -3.12. The fraction of sp³-hybridized carbons (Fsp3) is 0.667. The van der Waals surface area contributed by atoms with Gasteiger partial charge < -0.3 is 10.6 Å². The minimum absolute atomic E-state index is 0.113. The molecule has 0 radical (unpaired) electrons. The number of sulfonamides is 1. The van der Waals surface area contributed by atoms with Gasteiger partial charge in [0.2, 0.25) is 10.0 Å². The molecule has 2 unspecified atom stereocenters. The molecule has 29 heavy (non-hydrogen) atoms. The Balaban J connectivity index is 1.78. The zero-order chi connectivity index (χ0) is 21.1. The Labute approximate surface area is 176 Å². The molecular weight excluding hydrogens is 386 g/mol. The monoisotopic (exact) mass is 423 g/mol. The molecule has 2 atom stereocenters. The summed E-state index contributed by atoms with van der Waals surface area (Å²) in [4.78, 5) is 7.15. The van der Waals surface area contributed by atoms with E-state index in [-0.39, 0.29) is 5.75 Å². The van der Waals surface area contributed by atoms with Gasteiger partial charge in [-0.2, -0.15) is 0 Å². The fourth-order valence-corrected chi connectivity index (χ4v) is 4.18. The maximum Gasteiger partial charge on any atom is 0.211 e. The number of guanidine groups is 1. The smallest absolute Gasteiger partial charge is 0.211 e. The number of nitrogens with one attached hydrogen (secondary N) is 3. The van der Waals surface area contributed by atoms with E-state index in [4.69, 9.17) is 0 Å². The molecule has 1 aliphatic heterocycles. The highest BCUT2D eigenvalue weighted by Crippen LogP contribution is 2.19. The SMILES string of the molecule is CCNC(=NCCCNS(=O)(=O)CC)NC1CCN(Cc2ccccc2)C(C)C1. The number of aliphatic imine (C=N–C) groups is 1. The normalized spacial score (nSPS) is 21.1. The lowest BCUT2D eigenvalue weighted by Gasteiger charge is -2.38. The lowest BCUT2D eigenvalue weighted by atomic mass is 9.97. The van der Waals surface area contributed by atoms with E-state index in [1.54, 1.807) is 6.92 Å². The fourth-order valence-electron chi connectivity index (χ4n) is 3.52. The van der Waals surface area contributed by atoms with Gasteiger partial charge in [-0.1, -0.05) is 30.3 Å². The zero-order valence-electron chi connectivity index (χ0n) is 18.0. The van der Waals surface area contributed by atoms with Gasteiger partial charge in [0, 0.05) is 44.8 Å². The summed E-state index contributed by atoms with van der Waals surface area (Å²) in [5, 5.41) is 6.86. The molecule has 1 fully saturated rings. The van der Waals surface area contributed by atoms with Gasteiger partial charge in [-0.05, 0) is 45.6 Å². The summed E-state index contributed by atoms with van der Waals surface area (Å²) in [6, 6.07) is 11.5. The van der Waals surface area contributed by atoms with Crippen molar-refractivity contribution in [3.63, 3.8) is 0 Å². The maximum absolute atomic E-state index is 11.5. The van der Waals surface area contributed by atoms with Crippen molar-refractivity contribution in [1.82, 2.24) is 20.3 Å². The first-order valence-electron chi connectivity index (χ1n) is 10.7. The topological polar surface area (TPSA) is 85.8 Å². The van der Waals surface area contributed by atoms with Crippen LogP contribution in [0.25, 0.3) is 0 Å². The van der Waals surface area contributed by atoms with Crippen LogP contribution in [0.4, 0.5) is 0 Å². The average molecular weight is 424 g/mol. The number of hydrogen-bond acceptors (Lipinski definition) is 4. The molecule has 0 amide bonds. The van der Waals surface area contributed by atoms with E-state index in [1.165, 1.54) is 5.56 Å². The van der Waals surface area contributed by atoms with Gasteiger partial charge in [-0.3, -0.25) is 9.89 Å². The quantitative estimate of drug-likeness (QED) is 0.304. The van der Waals surface area contributed by atoms with Crippen LogP contribution < -0.4 is 15.4 Å². The number of nitrogens with zero attached hydrogens (tertiary/aromatic N) is 2. The van der Waals surface area contributed by atoms with E-state index >= 15 is 0 Å². The molecule has 1 aliphatic rings. The van der Waals surface area contributed by atoms with Crippen LogP contribution >= 0.6 is 0 Å². The van der Waals surface area contributed by atoms with Crippen LogP contribution in [0.5, 0.6) is 0 Å². The van der Waals surface area contributed by atoms with Crippen LogP contribution in [0.15, 0.2) is 35.3 Å². The molecule has 0 saturated carbocycles. The predicted octanol–water partition coefficient (Wildman–Crippen LogP) is 1.92. The lowest BCUT2D eigenvalue weighted by molar-refractivity contribution is 0.134. The third-order valence-electron chi connectivity index (χ3n) is 5.23. The molecule has 1 saturated heterocycles. The van der Waals surface area contributed by atoms with Gasteiger partial charge in [0.1, 0.15) is 0 Å². The standard InChI is InChI=1S/C21H37N5O2S/c1-4-22-21(23-13-9-14-24-29(27,28)5-2)25-20-12-15-26(18(3)16-20)17-19-10-7-6-8-11-19/h6-8,10-11,18,20,24H,4-5,9,12-17H2,1-3H3,(H2,22,23,25). The Kier molecular flexibility index (Phi) is 9.90. The van der Waals surface area contributed by atoms with E-state index in [0.29, 0.717) is 31.6 Å². The van der Waals surface area contributed by atoms with Gasteiger partial charge in [-0.25, -0.2) is 13.1 Å². The average Bonchev–Trinajstić information content (AvgIpc) is 2.70. The van der Waals surface area contributed by atoms with Crippen LogP contribution in [-0.4, -0.2) is 63.3 Å². The van der Waals surface area contributed by atoms with Crippen LogP contribution in [0.1, 0.15) is 45.6 Å². The maximum atomic E-state index is 11.5. The lowest BCUT2D eigenvalue weighted by Crippen LogP contribution is -2.51.